The topological polar surface area (TPSA) is 97.5 Å². The highest BCUT2D eigenvalue weighted by Gasteiger charge is 2.17. The number of nitrogens with zero attached hydrogens (tertiary/aromatic N) is 4. The monoisotopic (exact) mass is 618 g/mol. The van der Waals surface area contributed by atoms with Gasteiger partial charge in [0.15, 0.2) is 0 Å². The molecule has 5 aromatic rings. The van der Waals surface area contributed by atoms with E-state index < -0.39 is 0 Å². The molecule has 0 atom stereocenters. The number of likely N-dealkylation sites (N-methyl/N-ethyl adjacent to an activating group) is 1. The maximum absolute atomic E-state index is 14.7. The molecule has 1 aliphatic rings. The molecular formula is C37H43FN8. The molecule has 4 heterocycles. The lowest BCUT2D eigenvalue weighted by Crippen LogP contribution is -2.23. The van der Waals surface area contributed by atoms with E-state index in [1.807, 2.05) is 51.4 Å². The van der Waals surface area contributed by atoms with Gasteiger partial charge in [-0.15, -0.1) is 0 Å². The number of aromatic amines is 2. The fraction of sp³-hybridized carbons (Fsp3) is 0.324. The van der Waals surface area contributed by atoms with Crippen molar-refractivity contribution in [2.24, 2.45) is 5.92 Å². The van der Waals surface area contributed by atoms with Crippen LogP contribution in [0.4, 0.5) is 10.1 Å². The van der Waals surface area contributed by atoms with Crippen molar-refractivity contribution in [2.75, 3.05) is 45.6 Å². The van der Waals surface area contributed by atoms with E-state index in [9.17, 15) is 4.39 Å². The SMILES string of the molecule is C=C/C(=C\C(=C/C)c1ccc2[nH]nc(-c3cc4c(-c5cc(F)cc(NCCN(C)C)c5)cncc4[nH]3)c2n1)CNCC1CCCC1. The molecule has 0 spiro atoms. The largest absolute Gasteiger partial charge is 0.384 e. The Labute approximate surface area is 269 Å². The lowest BCUT2D eigenvalue weighted by atomic mass is 10.0. The van der Waals surface area contributed by atoms with Crippen molar-refractivity contribution in [3.8, 4) is 22.5 Å². The average molecular weight is 619 g/mol. The Morgan fingerprint density at radius 3 is 2.74 bits per heavy atom. The molecule has 0 unspecified atom stereocenters. The molecule has 0 bridgehead atoms. The van der Waals surface area contributed by atoms with Gasteiger partial charge in [0.05, 0.1) is 28.6 Å². The number of halogens is 1. The quantitative estimate of drug-likeness (QED) is 0.102. The molecule has 0 saturated heterocycles. The van der Waals surface area contributed by atoms with Crippen LogP contribution in [-0.4, -0.2) is 70.3 Å². The van der Waals surface area contributed by atoms with E-state index in [-0.39, 0.29) is 5.82 Å². The highest BCUT2D eigenvalue weighted by molar-refractivity contribution is 6.00. The van der Waals surface area contributed by atoms with E-state index in [0.29, 0.717) is 12.2 Å². The van der Waals surface area contributed by atoms with E-state index in [4.69, 9.17) is 4.98 Å². The van der Waals surface area contributed by atoms with Crippen LogP contribution in [0, 0.1) is 11.7 Å². The lowest BCUT2D eigenvalue weighted by molar-refractivity contribution is 0.425. The summed E-state index contributed by atoms with van der Waals surface area (Å²) in [6.45, 7) is 9.48. The van der Waals surface area contributed by atoms with Crippen LogP contribution < -0.4 is 10.6 Å². The van der Waals surface area contributed by atoms with Crippen LogP contribution in [0.2, 0.25) is 0 Å². The predicted octanol–water partition coefficient (Wildman–Crippen LogP) is 7.58. The molecule has 4 aromatic heterocycles. The molecule has 1 saturated carbocycles. The first kappa shape index (κ1) is 31.4. The van der Waals surface area contributed by atoms with Gasteiger partial charge in [0.25, 0.3) is 0 Å². The Kier molecular flexibility index (Phi) is 9.71. The summed E-state index contributed by atoms with van der Waals surface area (Å²) in [4.78, 5) is 15.1. The standard InChI is InChI=1S/C37H43FN8/c1-5-24(20-39-21-25-9-7-8-10-25)15-26(6-2)32-11-12-33-36(43-32)37(45-44-33)34-19-30-31(22-40-23-35(30)42-34)27-16-28(38)18-29(17-27)41-13-14-46(3)4/h5-6,11-12,15-19,22-23,25,39,41-42H,1,7-10,13-14,20-21H2,2-4H3,(H,44,45)/b24-15+,26-6+. The second-order valence-corrected chi connectivity index (χ2v) is 12.4. The number of fused-ring (bicyclic) bond motifs is 2. The lowest BCUT2D eigenvalue weighted by Gasteiger charge is -2.13. The minimum atomic E-state index is -0.300. The van der Waals surface area contributed by atoms with Gasteiger partial charge in [-0.2, -0.15) is 5.10 Å². The number of benzene rings is 1. The molecule has 9 heteroatoms. The molecule has 6 rings (SSSR count). The van der Waals surface area contributed by atoms with Crippen LogP contribution in [0.15, 0.2) is 79.2 Å². The minimum Gasteiger partial charge on any atom is -0.384 e. The predicted molar refractivity (Wildman–Crippen MR) is 188 cm³/mol. The molecular weight excluding hydrogens is 575 g/mol. The Bertz CT molecular complexity index is 1890. The van der Waals surface area contributed by atoms with Gasteiger partial charge in [0, 0.05) is 42.5 Å². The molecule has 1 fully saturated rings. The maximum atomic E-state index is 14.7. The minimum absolute atomic E-state index is 0.300. The van der Waals surface area contributed by atoms with Crippen molar-refractivity contribution >= 4 is 33.2 Å². The number of rotatable bonds is 13. The number of hydrogen-bond acceptors (Lipinski definition) is 6. The highest BCUT2D eigenvalue weighted by Crippen LogP contribution is 2.35. The Morgan fingerprint density at radius 1 is 1.11 bits per heavy atom. The maximum Gasteiger partial charge on any atom is 0.135 e. The molecule has 4 N–H and O–H groups in total. The first-order valence-electron chi connectivity index (χ1n) is 16.1. The van der Waals surface area contributed by atoms with Crippen LogP contribution in [0.25, 0.3) is 50.0 Å². The molecule has 0 aliphatic heterocycles. The van der Waals surface area contributed by atoms with Gasteiger partial charge in [-0.05, 0) is 106 Å². The third-order valence-corrected chi connectivity index (χ3v) is 8.75. The molecule has 0 radical (unpaired) electrons. The van der Waals surface area contributed by atoms with Crippen molar-refractivity contribution in [1.82, 2.24) is 35.4 Å². The summed E-state index contributed by atoms with van der Waals surface area (Å²) in [5.74, 6) is 0.486. The van der Waals surface area contributed by atoms with E-state index in [2.05, 4.69) is 54.4 Å². The van der Waals surface area contributed by atoms with Gasteiger partial charge >= 0.3 is 0 Å². The zero-order valence-corrected chi connectivity index (χ0v) is 27.0. The van der Waals surface area contributed by atoms with Gasteiger partial charge in [-0.3, -0.25) is 10.1 Å². The zero-order valence-electron chi connectivity index (χ0n) is 27.0. The second-order valence-electron chi connectivity index (χ2n) is 12.4. The van der Waals surface area contributed by atoms with Gasteiger partial charge in [0.1, 0.15) is 17.0 Å². The molecule has 0 amide bonds. The fourth-order valence-electron chi connectivity index (χ4n) is 6.25. The average Bonchev–Trinajstić information content (AvgIpc) is 3.81. The number of hydrogen-bond donors (Lipinski definition) is 4. The first-order valence-corrected chi connectivity index (χ1v) is 16.1. The smallest absolute Gasteiger partial charge is 0.135 e. The number of nitrogens with one attached hydrogen (secondary N) is 4. The number of anilines is 1. The Balaban J connectivity index is 1.28. The van der Waals surface area contributed by atoms with Crippen molar-refractivity contribution in [3.05, 3.63) is 90.7 Å². The van der Waals surface area contributed by atoms with E-state index in [1.54, 1.807) is 18.5 Å². The Morgan fingerprint density at radius 2 is 1.96 bits per heavy atom. The second kappa shape index (κ2) is 14.2. The van der Waals surface area contributed by atoms with E-state index >= 15 is 0 Å². The third kappa shape index (κ3) is 7.11. The summed E-state index contributed by atoms with van der Waals surface area (Å²) in [5.41, 5.74) is 9.31. The van der Waals surface area contributed by atoms with E-state index in [0.717, 1.165) is 86.8 Å². The van der Waals surface area contributed by atoms with Gasteiger partial charge < -0.3 is 20.5 Å². The third-order valence-electron chi connectivity index (χ3n) is 8.75. The number of H-pyrrole nitrogens is 2. The van der Waals surface area contributed by atoms with Crippen LogP contribution in [0.1, 0.15) is 38.3 Å². The summed E-state index contributed by atoms with van der Waals surface area (Å²) in [6, 6.07) is 11.1. The van der Waals surface area contributed by atoms with Crippen LogP contribution >= 0.6 is 0 Å². The van der Waals surface area contributed by atoms with Crippen molar-refractivity contribution < 1.29 is 4.39 Å². The summed E-state index contributed by atoms with van der Waals surface area (Å²) in [6.07, 6.45) is 15.1. The van der Waals surface area contributed by atoms with Crippen LogP contribution in [0.5, 0.6) is 0 Å². The van der Waals surface area contributed by atoms with Crippen LogP contribution in [-0.2, 0) is 0 Å². The van der Waals surface area contributed by atoms with Crippen molar-refractivity contribution in [3.63, 3.8) is 0 Å². The molecule has 1 aliphatic carbocycles. The van der Waals surface area contributed by atoms with Gasteiger partial charge in [-0.25, -0.2) is 9.37 Å². The summed E-state index contributed by atoms with van der Waals surface area (Å²) in [7, 11) is 4.03. The van der Waals surface area contributed by atoms with Crippen molar-refractivity contribution in [1.29, 1.82) is 0 Å². The summed E-state index contributed by atoms with van der Waals surface area (Å²) in [5, 5.41) is 15.7. The highest BCUT2D eigenvalue weighted by atomic mass is 19.1. The zero-order chi connectivity index (χ0) is 32.0. The van der Waals surface area contributed by atoms with E-state index in [1.165, 1.54) is 31.7 Å². The normalized spacial score (nSPS) is 14.6. The molecule has 238 valence electrons. The summed E-state index contributed by atoms with van der Waals surface area (Å²) >= 11 is 0. The van der Waals surface area contributed by atoms with Crippen LogP contribution in [0.3, 0.4) is 0 Å². The Hall–Kier alpha value is -4.60. The number of aromatic nitrogens is 5. The van der Waals surface area contributed by atoms with Gasteiger partial charge in [0.2, 0.25) is 0 Å². The van der Waals surface area contributed by atoms with Gasteiger partial charge in [-0.1, -0.05) is 31.6 Å². The molecule has 8 nitrogen and oxygen atoms in total. The molecule has 46 heavy (non-hydrogen) atoms. The fourth-order valence-corrected chi connectivity index (χ4v) is 6.25. The summed E-state index contributed by atoms with van der Waals surface area (Å²) < 4.78 is 14.7. The number of allylic oxidation sites excluding steroid dienone is 3. The molecule has 1 aromatic carbocycles. The first-order chi connectivity index (χ1) is 22.4. The van der Waals surface area contributed by atoms with Crippen molar-refractivity contribution in [2.45, 2.75) is 32.6 Å². The number of pyridine rings is 2.